The summed E-state index contributed by atoms with van der Waals surface area (Å²) in [6.45, 7) is 4.22. The van der Waals surface area contributed by atoms with Crippen LogP contribution in [-0.4, -0.2) is 5.78 Å². The molecule has 0 amide bonds. The molecule has 0 saturated carbocycles. The average Bonchev–Trinajstić information content (AvgIpc) is 2.12. The zero-order chi connectivity index (χ0) is 9.42. The highest BCUT2D eigenvalue weighted by molar-refractivity contribution is 5.83. The molecule has 1 nitrogen and oxygen atoms in total. The summed E-state index contributed by atoms with van der Waals surface area (Å²) in [6.07, 6.45) is 2.33. The predicted octanol–water partition coefficient (Wildman–Crippen LogP) is 2.36. The highest BCUT2D eigenvalue weighted by atomic mass is 16.1. The molecular formula is C12H14O. The quantitative estimate of drug-likeness (QED) is 0.590. The lowest BCUT2D eigenvalue weighted by Crippen LogP contribution is -2.14. The van der Waals surface area contributed by atoms with E-state index in [1.807, 2.05) is 0 Å². The van der Waals surface area contributed by atoms with Crippen LogP contribution in [0.15, 0.2) is 12.1 Å². The van der Waals surface area contributed by atoms with Gasteiger partial charge < -0.3 is 0 Å². The molecule has 2 rings (SSSR count). The number of carbonyl (C=O) groups excluding carboxylic acids is 1. The number of carbonyl (C=O) groups is 1. The van der Waals surface area contributed by atoms with Crippen LogP contribution in [0.2, 0.25) is 0 Å². The molecule has 0 atom stereocenters. The number of aryl methyl sites for hydroxylation is 2. The van der Waals surface area contributed by atoms with Crippen LogP contribution < -0.4 is 0 Å². The summed E-state index contributed by atoms with van der Waals surface area (Å²) in [6, 6.07) is 4.33. The van der Waals surface area contributed by atoms with Crippen molar-refractivity contribution in [2.45, 2.75) is 33.1 Å². The standard InChI is InChI=1S/C12H14O/c1-8-3-4-10-5-6-11(13)7-12(10)9(8)2/h3-4H,5-7H2,1-2H3. The van der Waals surface area contributed by atoms with Gasteiger partial charge in [-0.15, -0.1) is 0 Å². The van der Waals surface area contributed by atoms with Gasteiger partial charge >= 0.3 is 0 Å². The van der Waals surface area contributed by atoms with E-state index in [0.717, 1.165) is 12.8 Å². The second kappa shape index (κ2) is 2.99. The molecule has 0 radical (unpaired) electrons. The molecule has 0 bridgehead atoms. The number of rotatable bonds is 0. The normalized spacial score (nSPS) is 15.7. The van der Waals surface area contributed by atoms with Crippen molar-refractivity contribution < 1.29 is 4.79 Å². The molecule has 0 spiro atoms. The van der Waals surface area contributed by atoms with Crippen molar-refractivity contribution in [3.63, 3.8) is 0 Å². The average molecular weight is 174 g/mol. The molecular weight excluding hydrogens is 160 g/mol. The van der Waals surface area contributed by atoms with Gasteiger partial charge in [0.25, 0.3) is 0 Å². The van der Waals surface area contributed by atoms with Crippen molar-refractivity contribution in [2.75, 3.05) is 0 Å². The van der Waals surface area contributed by atoms with Crippen molar-refractivity contribution in [3.05, 3.63) is 34.4 Å². The molecule has 0 N–H and O–H groups in total. The van der Waals surface area contributed by atoms with Crippen molar-refractivity contribution in [1.82, 2.24) is 0 Å². The maximum absolute atomic E-state index is 11.3. The first-order valence-corrected chi connectivity index (χ1v) is 4.78. The number of fused-ring (bicyclic) bond motifs is 1. The van der Waals surface area contributed by atoms with Crippen LogP contribution in [0.3, 0.4) is 0 Å². The monoisotopic (exact) mass is 174 g/mol. The summed E-state index contributed by atoms with van der Waals surface area (Å²) in [5.41, 5.74) is 5.28. The van der Waals surface area contributed by atoms with E-state index in [-0.39, 0.29) is 0 Å². The minimum Gasteiger partial charge on any atom is -0.299 e. The summed E-state index contributed by atoms with van der Waals surface area (Å²) in [7, 11) is 0. The Morgan fingerprint density at radius 3 is 2.69 bits per heavy atom. The minimum absolute atomic E-state index is 0.390. The topological polar surface area (TPSA) is 17.1 Å². The second-order valence-corrected chi connectivity index (χ2v) is 3.86. The fourth-order valence-corrected chi connectivity index (χ4v) is 1.97. The molecule has 0 aliphatic heterocycles. The Balaban J connectivity index is 2.54. The lowest BCUT2D eigenvalue weighted by Gasteiger charge is -2.18. The van der Waals surface area contributed by atoms with Gasteiger partial charge in [0.15, 0.2) is 0 Å². The first-order chi connectivity index (χ1) is 6.18. The largest absolute Gasteiger partial charge is 0.299 e. The first-order valence-electron chi connectivity index (χ1n) is 4.78. The van der Waals surface area contributed by atoms with Gasteiger partial charge in [0, 0.05) is 12.8 Å². The van der Waals surface area contributed by atoms with E-state index in [2.05, 4.69) is 26.0 Å². The smallest absolute Gasteiger partial charge is 0.137 e. The Bertz CT molecular complexity index is 364. The SMILES string of the molecule is Cc1ccc2c(c1C)CC(=O)CC2. The van der Waals surface area contributed by atoms with E-state index in [0.29, 0.717) is 12.2 Å². The predicted molar refractivity (Wildman–Crippen MR) is 52.9 cm³/mol. The summed E-state index contributed by atoms with van der Waals surface area (Å²) >= 11 is 0. The molecule has 13 heavy (non-hydrogen) atoms. The van der Waals surface area contributed by atoms with E-state index < -0.39 is 0 Å². The summed E-state index contributed by atoms with van der Waals surface area (Å²) in [5.74, 6) is 0.390. The van der Waals surface area contributed by atoms with Crippen LogP contribution >= 0.6 is 0 Å². The summed E-state index contributed by atoms with van der Waals surface area (Å²) < 4.78 is 0. The molecule has 1 heteroatoms. The Morgan fingerprint density at radius 2 is 1.92 bits per heavy atom. The van der Waals surface area contributed by atoms with E-state index in [9.17, 15) is 4.79 Å². The maximum atomic E-state index is 11.3. The number of hydrogen-bond donors (Lipinski definition) is 0. The van der Waals surface area contributed by atoms with Crippen LogP contribution in [0.4, 0.5) is 0 Å². The van der Waals surface area contributed by atoms with E-state index in [1.54, 1.807) is 0 Å². The van der Waals surface area contributed by atoms with Crippen LogP contribution in [0.25, 0.3) is 0 Å². The highest BCUT2D eigenvalue weighted by Gasteiger charge is 2.17. The fraction of sp³-hybridized carbons (Fsp3) is 0.417. The van der Waals surface area contributed by atoms with Crippen molar-refractivity contribution >= 4 is 5.78 Å². The molecule has 1 aromatic rings. The van der Waals surface area contributed by atoms with Crippen molar-refractivity contribution in [3.8, 4) is 0 Å². The molecule has 1 aliphatic carbocycles. The molecule has 1 aliphatic rings. The molecule has 0 heterocycles. The lowest BCUT2D eigenvalue weighted by molar-refractivity contribution is -0.118. The van der Waals surface area contributed by atoms with Gasteiger partial charge in [-0.3, -0.25) is 4.79 Å². The van der Waals surface area contributed by atoms with Crippen LogP contribution in [0.1, 0.15) is 28.7 Å². The summed E-state index contributed by atoms with van der Waals surface area (Å²) in [4.78, 5) is 11.3. The molecule has 1 aromatic carbocycles. The Labute approximate surface area is 78.8 Å². The number of Topliss-reactive ketones (excluding diaryl/α,β-unsaturated/α-hetero) is 1. The minimum atomic E-state index is 0.390. The van der Waals surface area contributed by atoms with Gasteiger partial charge in [-0.05, 0) is 42.5 Å². The van der Waals surface area contributed by atoms with E-state index in [4.69, 9.17) is 0 Å². The van der Waals surface area contributed by atoms with E-state index >= 15 is 0 Å². The molecule has 0 fully saturated rings. The Kier molecular flexibility index (Phi) is 1.95. The molecule has 0 unspecified atom stereocenters. The van der Waals surface area contributed by atoms with Crippen molar-refractivity contribution in [2.24, 2.45) is 0 Å². The van der Waals surface area contributed by atoms with Gasteiger partial charge in [-0.25, -0.2) is 0 Å². The van der Waals surface area contributed by atoms with Crippen LogP contribution in [0, 0.1) is 13.8 Å². The number of benzene rings is 1. The van der Waals surface area contributed by atoms with Crippen LogP contribution in [0.5, 0.6) is 0 Å². The number of ketones is 1. The second-order valence-electron chi connectivity index (χ2n) is 3.86. The molecule has 0 saturated heterocycles. The van der Waals surface area contributed by atoms with Gasteiger partial charge in [-0.1, -0.05) is 12.1 Å². The van der Waals surface area contributed by atoms with E-state index in [1.165, 1.54) is 22.3 Å². The third kappa shape index (κ3) is 1.39. The summed E-state index contributed by atoms with van der Waals surface area (Å²) in [5, 5.41) is 0. The third-order valence-corrected chi connectivity index (χ3v) is 3.01. The highest BCUT2D eigenvalue weighted by Crippen LogP contribution is 2.24. The fourth-order valence-electron chi connectivity index (χ4n) is 1.97. The number of hydrogen-bond acceptors (Lipinski definition) is 1. The Hall–Kier alpha value is -1.11. The van der Waals surface area contributed by atoms with Gasteiger partial charge in [0.05, 0.1) is 0 Å². The third-order valence-electron chi connectivity index (χ3n) is 3.01. The lowest BCUT2D eigenvalue weighted by atomic mass is 9.86. The van der Waals surface area contributed by atoms with Gasteiger partial charge in [-0.2, -0.15) is 0 Å². The Morgan fingerprint density at radius 1 is 1.15 bits per heavy atom. The van der Waals surface area contributed by atoms with Crippen molar-refractivity contribution in [1.29, 1.82) is 0 Å². The van der Waals surface area contributed by atoms with Gasteiger partial charge in [0.2, 0.25) is 0 Å². The molecule has 68 valence electrons. The zero-order valence-electron chi connectivity index (χ0n) is 8.18. The van der Waals surface area contributed by atoms with Gasteiger partial charge in [0.1, 0.15) is 5.78 Å². The maximum Gasteiger partial charge on any atom is 0.137 e. The molecule has 0 aromatic heterocycles. The zero-order valence-corrected chi connectivity index (χ0v) is 8.18. The first kappa shape index (κ1) is 8.49. The van der Waals surface area contributed by atoms with Crippen LogP contribution in [-0.2, 0) is 17.6 Å².